The lowest BCUT2D eigenvalue weighted by atomic mass is 10.0. The summed E-state index contributed by atoms with van der Waals surface area (Å²) in [5.74, 6) is 0.302. The number of piperazine rings is 1. The largest absolute Gasteiger partial charge is 0.417 e. The van der Waals surface area contributed by atoms with Gasteiger partial charge in [-0.1, -0.05) is 29.8 Å². The molecule has 0 saturated carbocycles. The van der Waals surface area contributed by atoms with Gasteiger partial charge in [-0.3, -0.25) is 9.59 Å². The third-order valence-electron chi connectivity index (χ3n) is 4.97. The highest BCUT2D eigenvalue weighted by Crippen LogP contribution is 2.29. The Kier molecular flexibility index (Phi) is 6.20. The summed E-state index contributed by atoms with van der Waals surface area (Å²) in [5, 5.41) is 0. The minimum absolute atomic E-state index is 0.0639. The zero-order chi connectivity index (χ0) is 21.0. The topological polar surface area (TPSA) is 53.5 Å². The Morgan fingerprint density at radius 3 is 2.17 bits per heavy atom. The van der Waals surface area contributed by atoms with Crippen molar-refractivity contribution in [1.29, 1.82) is 0 Å². The standard InChI is InChI=1S/C21H22F3N3O2/c1-15-2-4-16(5-3-15)18(28)7-9-20(29)27-12-10-26(11-13-27)19-8-6-17(14-25-19)21(22,23)24/h2-6,8,14H,7,9-13H2,1H3. The average molecular weight is 405 g/mol. The van der Waals surface area contributed by atoms with Crippen LogP contribution in [0.15, 0.2) is 42.6 Å². The number of ketones is 1. The van der Waals surface area contributed by atoms with Crippen LogP contribution in [-0.2, 0) is 11.0 Å². The molecule has 1 amide bonds. The molecule has 1 aliphatic heterocycles. The van der Waals surface area contributed by atoms with Crippen LogP contribution < -0.4 is 4.90 Å². The quantitative estimate of drug-likeness (QED) is 0.712. The number of anilines is 1. The van der Waals surface area contributed by atoms with Crippen LogP contribution in [0.2, 0.25) is 0 Å². The van der Waals surface area contributed by atoms with Crippen molar-refractivity contribution in [3.05, 3.63) is 59.3 Å². The number of aryl methyl sites for hydroxylation is 1. The van der Waals surface area contributed by atoms with Gasteiger partial charge in [-0.2, -0.15) is 13.2 Å². The summed E-state index contributed by atoms with van der Waals surface area (Å²) in [7, 11) is 0. The number of aromatic nitrogens is 1. The van der Waals surface area contributed by atoms with Gasteiger partial charge in [-0.15, -0.1) is 0 Å². The summed E-state index contributed by atoms with van der Waals surface area (Å²) in [4.78, 5) is 32.0. The summed E-state index contributed by atoms with van der Waals surface area (Å²) in [5.41, 5.74) is 0.882. The van der Waals surface area contributed by atoms with Crippen LogP contribution in [0.5, 0.6) is 0 Å². The zero-order valence-electron chi connectivity index (χ0n) is 16.1. The molecule has 1 saturated heterocycles. The van der Waals surface area contributed by atoms with E-state index in [1.54, 1.807) is 17.0 Å². The van der Waals surface area contributed by atoms with Crippen molar-refractivity contribution in [2.45, 2.75) is 25.9 Å². The first-order chi connectivity index (χ1) is 13.7. The maximum Gasteiger partial charge on any atom is 0.417 e. The van der Waals surface area contributed by atoms with E-state index in [9.17, 15) is 22.8 Å². The zero-order valence-corrected chi connectivity index (χ0v) is 16.1. The summed E-state index contributed by atoms with van der Waals surface area (Å²) in [6, 6.07) is 9.61. The van der Waals surface area contributed by atoms with Gasteiger partial charge in [0.1, 0.15) is 5.82 Å². The van der Waals surface area contributed by atoms with E-state index < -0.39 is 11.7 Å². The predicted octanol–water partition coefficient (Wildman–Crippen LogP) is 3.72. The molecule has 29 heavy (non-hydrogen) atoms. The molecular weight excluding hydrogens is 383 g/mol. The van der Waals surface area contributed by atoms with Crippen LogP contribution in [-0.4, -0.2) is 47.8 Å². The van der Waals surface area contributed by atoms with Gasteiger partial charge in [0.15, 0.2) is 5.78 Å². The fraction of sp³-hybridized carbons (Fsp3) is 0.381. The fourth-order valence-corrected chi connectivity index (χ4v) is 3.19. The number of hydrogen-bond donors (Lipinski definition) is 0. The molecule has 0 atom stereocenters. The first-order valence-electron chi connectivity index (χ1n) is 9.40. The van der Waals surface area contributed by atoms with E-state index >= 15 is 0 Å². The van der Waals surface area contributed by atoms with Crippen molar-refractivity contribution >= 4 is 17.5 Å². The van der Waals surface area contributed by atoms with Crippen LogP contribution in [0.4, 0.5) is 19.0 Å². The van der Waals surface area contributed by atoms with Crippen molar-refractivity contribution in [2.24, 2.45) is 0 Å². The van der Waals surface area contributed by atoms with Gasteiger partial charge in [-0.05, 0) is 19.1 Å². The second-order valence-electron chi connectivity index (χ2n) is 7.06. The number of carbonyl (C=O) groups is 2. The third kappa shape index (κ3) is 5.34. The molecule has 0 N–H and O–H groups in total. The van der Waals surface area contributed by atoms with E-state index in [4.69, 9.17) is 0 Å². The number of nitrogens with zero attached hydrogens (tertiary/aromatic N) is 3. The highest BCUT2D eigenvalue weighted by Gasteiger charge is 2.31. The molecule has 1 aromatic carbocycles. The van der Waals surface area contributed by atoms with Gasteiger partial charge in [0.25, 0.3) is 0 Å². The smallest absolute Gasteiger partial charge is 0.353 e. The van der Waals surface area contributed by atoms with E-state index in [1.165, 1.54) is 6.07 Å². The lowest BCUT2D eigenvalue weighted by Gasteiger charge is -2.35. The highest BCUT2D eigenvalue weighted by molar-refractivity contribution is 5.98. The molecule has 5 nitrogen and oxygen atoms in total. The molecule has 3 rings (SSSR count). The number of carbonyl (C=O) groups excluding carboxylic acids is 2. The van der Waals surface area contributed by atoms with Gasteiger partial charge >= 0.3 is 6.18 Å². The molecule has 0 radical (unpaired) electrons. The predicted molar refractivity (Wildman–Crippen MR) is 103 cm³/mol. The molecule has 154 valence electrons. The lowest BCUT2D eigenvalue weighted by Crippen LogP contribution is -2.49. The Balaban J connectivity index is 1.48. The van der Waals surface area contributed by atoms with Crippen LogP contribution in [0.25, 0.3) is 0 Å². The lowest BCUT2D eigenvalue weighted by molar-refractivity contribution is -0.137. The van der Waals surface area contributed by atoms with Crippen molar-refractivity contribution in [2.75, 3.05) is 31.1 Å². The number of benzene rings is 1. The maximum atomic E-state index is 12.6. The molecule has 2 aromatic rings. The van der Waals surface area contributed by atoms with Gasteiger partial charge < -0.3 is 9.80 Å². The van der Waals surface area contributed by atoms with E-state index in [0.717, 1.165) is 17.8 Å². The monoisotopic (exact) mass is 405 g/mol. The van der Waals surface area contributed by atoms with Crippen molar-refractivity contribution in [3.8, 4) is 0 Å². The van der Waals surface area contributed by atoms with Gasteiger partial charge in [0.2, 0.25) is 5.91 Å². The minimum Gasteiger partial charge on any atom is -0.353 e. The summed E-state index contributed by atoms with van der Waals surface area (Å²) in [6.45, 7) is 3.80. The number of alkyl halides is 3. The van der Waals surface area contributed by atoms with Gasteiger partial charge in [0, 0.05) is 50.8 Å². The maximum absolute atomic E-state index is 12.6. The number of hydrogen-bond acceptors (Lipinski definition) is 4. The summed E-state index contributed by atoms with van der Waals surface area (Å²) >= 11 is 0. The average Bonchev–Trinajstić information content (AvgIpc) is 2.72. The highest BCUT2D eigenvalue weighted by atomic mass is 19.4. The van der Waals surface area contributed by atoms with Gasteiger partial charge in [-0.25, -0.2) is 4.98 Å². The molecule has 1 aliphatic rings. The normalized spacial score (nSPS) is 14.8. The van der Waals surface area contributed by atoms with E-state index in [-0.39, 0.29) is 24.5 Å². The Hall–Kier alpha value is -2.90. The SMILES string of the molecule is Cc1ccc(C(=O)CCC(=O)N2CCN(c3ccc(C(F)(F)F)cn3)CC2)cc1. The van der Waals surface area contributed by atoms with Crippen LogP contribution in [0.3, 0.4) is 0 Å². The second kappa shape index (κ2) is 8.63. The van der Waals surface area contributed by atoms with E-state index in [0.29, 0.717) is 37.6 Å². The molecular formula is C21H22F3N3O2. The van der Waals surface area contributed by atoms with Crippen molar-refractivity contribution in [1.82, 2.24) is 9.88 Å². The molecule has 8 heteroatoms. The summed E-state index contributed by atoms with van der Waals surface area (Å²) in [6.07, 6.45) is -3.29. The summed E-state index contributed by atoms with van der Waals surface area (Å²) < 4.78 is 37.9. The molecule has 1 fully saturated rings. The van der Waals surface area contributed by atoms with E-state index in [2.05, 4.69) is 4.98 Å². The Labute approximate surface area is 167 Å². The second-order valence-corrected chi connectivity index (χ2v) is 7.06. The van der Waals surface area contributed by atoms with Crippen LogP contribution >= 0.6 is 0 Å². The van der Waals surface area contributed by atoms with Crippen molar-refractivity contribution in [3.63, 3.8) is 0 Å². The molecule has 0 spiro atoms. The molecule has 0 aliphatic carbocycles. The van der Waals surface area contributed by atoms with E-state index in [1.807, 2.05) is 24.0 Å². The Morgan fingerprint density at radius 2 is 1.62 bits per heavy atom. The molecule has 2 heterocycles. The first-order valence-corrected chi connectivity index (χ1v) is 9.40. The van der Waals surface area contributed by atoms with Crippen LogP contribution in [0, 0.1) is 6.92 Å². The first kappa shape index (κ1) is 20.8. The molecule has 0 unspecified atom stereocenters. The Morgan fingerprint density at radius 1 is 0.966 bits per heavy atom. The van der Waals surface area contributed by atoms with Gasteiger partial charge in [0.05, 0.1) is 5.56 Å². The number of halogens is 3. The van der Waals surface area contributed by atoms with Crippen molar-refractivity contribution < 1.29 is 22.8 Å². The number of pyridine rings is 1. The molecule has 1 aromatic heterocycles. The number of amides is 1. The molecule has 0 bridgehead atoms. The Bertz CT molecular complexity index is 856. The third-order valence-corrected chi connectivity index (χ3v) is 4.97. The minimum atomic E-state index is -4.41. The number of Topliss-reactive ketones (excluding diaryl/α,β-unsaturated/α-hetero) is 1. The number of rotatable bonds is 5. The van der Waals surface area contributed by atoms with Crippen LogP contribution in [0.1, 0.15) is 34.3 Å². The fourth-order valence-electron chi connectivity index (χ4n) is 3.19.